The summed E-state index contributed by atoms with van der Waals surface area (Å²) in [6, 6.07) is 4.18. The van der Waals surface area contributed by atoms with Gasteiger partial charge in [-0.25, -0.2) is 0 Å². The summed E-state index contributed by atoms with van der Waals surface area (Å²) in [6.45, 7) is 6.46. The molecule has 0 saturated carbocycles. The highest BCUT2D eigenvalue weighted by atomic mass is 35.5. The zero-order valence-corrected chi connectivity index (χ0v) is 12.2. The first-order chi connectivity index (χ1) is 7.31. The molecule has 1 aliphatic heterocycles. The Labute approximate surface area is 120 Å². The van der Waals surface area contributed by atoms with Gasteiger partial charge in [0.25, 0.3) is 0 Å². The standard InChI is InChI=1S/C11H17ClN2O.2ClH/c1-2-9(10-3-4-11(12)15-10)14-7-5-13-6-8-14;;/h3-4,9,13H,2,5-8H2,1H3;2*1H/t9-;;/m1../s1. The average Bonchev–Trinajstić information content (AvgIpc) is 2.68. The van der Waals surface area contributed by atoms with E-state index in [0.29, 0.717) is 11.3 Å². The van der Waals surface area contributed by atoms with Crippen LogP contribution < -0.4 is 5.32 Å². The molecule has 1 aromatic heterocycles. The van der Waals surface area contributed by atoms with Gasteiger partial charge < -0.3 is 9.73 Å². The maximum Gasteiger partial charge on any atom is 0.193 e. The molecule has 0 radical (unpaired) electrons. The molecule has 6 heteroatoms. The first-order valence-electron chi connectivity index (χ1n) is 5.51. The Morgan fingerprint density at radius 2 is 2.00 bits per heavy atom. The molecule has 1 aliphatic rings. The van der Waals surface area contributed by atoms with Gasteiger partial charge in [0.05, 0.1) is 6.04 Å². The van der Waals surface area contributed by atoms with Gasteiger partial charge in [0.15, 0.2) is 5.22 Å². The van der Waals surface area contributed by atoms with Crippen molar-refractivity contribution in [3.05, 3.63) is 23.1 Å². The molecular formula is C11H19Cl3N2O. The highest BCUT2D eigenvalue weighted by Crippen LogP contribution is 2.27. The number of halogens is 3. The minimum absolute atomic E-state index is 0. The maximum atomic E-state index is 5.80. The van der Waals surface area contributed by atoms with Gasteiger partial charge in [0.1, 0.15) is 5.76 Å². The van der Waals surface area contributed by atoms with Crippen molar-refractivity contribution in [3.8, 4) is 0 Å². The predicted molar refractivity (Wildman–Crippen MR) is 75.7 cm³/mol. The topological polar surface area (TPSA) is 28.4 Å². The molecule has 1 N–H and O–H groups in total. The molecule has 0 unspecified atom stereocenters. The largest absolute Gasteiger partial charge is 0.448 e. The average molecular weight is 302 g/mol. The highest BCUT2D eigenvalue weighted by molar-refractivity contribution is 6.28. The Morgan fingerprint density at radius 3 is 2.47 bits per heavy atom. The Kier molecular flexibility index (Phi) is 8.25. The van der Waals surface area contributed by atoms with E-state index in [1.54, 1.807) is 0 Å². The first kappa shape index (κ1) is 17.1. The minimum Gasteiger partial charge on any atom is -0.448 e. The van der Waals surface area contributed by atoms with Crippen LogP contribution in [0.15, 0.2) is 16.5 Å². The summed E-state index contributed by atoms with van der Waals surface area (Å²) in [5.74, 6) is 0.990. The summed E-state index contributed by atoms with van der Waals surface area (Å²) in [5.41, 5.74) is 0. The molecule has 17 heavy (non-hydrogen) atoms. The van der Waals surface area contributed by atoms with E-state index in [1.807, 2.05) is 12.1 Å². The smallest absolute Gasteiger partial charge is 0.193 e. The fourth-order valence-corrected chi connectivity index (χ4v) is 2.29. The summed E-state index contributed by atoms with van der Waals surface area (Å²) in [5, 5.41) is 3.84. The molecule has 1 aromatic rings. The molecule has 1 fully saturated rings. The van der Waals surface area contributed by atoms with Crippen LogP contribution in [0.5, 0.6) is 0 Å². The van der Waals surface area contributed by atoms with Gasteiger partial charge in [-0.1, -0.05) is 6.92 Å². The fourth-order valence-electron chi connectivity index (χ4n) is 2.14. The highest BCUT2D eigenvalue weighted by Gasteiger charge is 2.22. The lowest BCUT2D eigenvalue weighted by Gasteiger charge is -2.33. The number of piperazine rings is 1. The Bertz CT molecular complexity index is 313. The number of hydrogen-bond acceptors (Lipinski definition) is 3. The second-order valence-electron chi connectivity index (χ2n) is 3.85. The van der Waals surface area contributed by atoms with Crippen molar-refractivity contribution < 1.29 is 4.42 Å². The third kappa shape index (κ3) is 4.34. The van der Waals surface area contributed by atoms with E-state index < -0.39 is 0 Å². The van der Waals surface area contributed by atoms with E-state index in [4.69, 9.17) is 16.0 Å². The van der Waals surface area contributed by atoms with Crippen LogP contribution >= 0.6 is 36.4 Å². The lowest BCUT2D eigenvalue weighted by molar-refractivity contribution is 0.150. The molecular weight excluding hydrogens is 282 g/mol. The van der Waals surface area contributed by atoms with E-state index in [2.05, 4.69) is 17.1 Å². The molecule has 0 amide bonds. The van der Waals surface area contributed by atoms with Crippen LogP contribution in [0.4, 0.5) is 0 Å². The van der Waals surface area contributed by atoms with E-state index in [0.717, 1.165) is 38.4 Å². The third-order valence-corrected chi connectivity index (χ3v) is 3.10. The Morgan fingerprint density at radius 1 is 1.35 bits per heavy atom. The number of nitrogens with zero attached hydrogens (tertiary/aromatic N) is 1. The lowest BCUT2D eigenvalue weighted by Crippen LogP contribution is -2.44. The molecule has 3 nitrogen and oxygen atoms in total. The van der Waals surface area contributed by atoms with Crippen LogP contribution in [0, 0.1) is 0 Å². The quantitative estimate of drug-likeness (QED) is 0.930. The van der Waals surface area contributed by atoms with Crippen molar-refractivity contribution in [2.24, 2.45) is 0 Å². The molecule has 0 bridgehead atoms. The molecule has 0 spiro atoms. The van der Waals surface area contributed by atoms with Crippen LogP contribution in [0.2, 0.25) is 5.22 Å². The minimum atomic E-state index is 0. The normalized spacial score (nSPS) is 18.0. The lowest BCUT2D eigenvalue weighted by atomic mass is 10.1. The summed E-state index contributed by atoms with van der Waals surface area (Å²) in [6.07, 6.45) is 1.06. The van der Waals surface area contributed by atoms with Crippen LogP contribution in [0.25, 0.3) is 0 Å². The Hall–Kier alpha value is 0.0700. The van der Waals surface area contributed by atoms with Crippen LogP contribution in [-0.4, -0.2) is 31.1 Å². The van der Waals surface area contributed by atoms with Gasteiger partial charge in [-0.2, -0.15) is 0 Å². The van der Waals surface area contributed by atoms with Crippen molar-refractivity contribution >= 4 is 36.4 Å². The molecule has 2 rings (SSSR count). The summed E-state index contributed by atoms with van der Waals surface area (Å²) >= 11 is 5.80. The van der Waals surface area contributed by atoms with Crippen molar-refractivity contribution in [2.75, 3.05) is 26.2 Å². The van der Waals surface area contributed by atoms with Crippen molar-refractivity contribution in [3.63, 3.8) is 0 Å². The molecule has 1 atom stereocenters. The molecule has 0 aromatic carbocycles. The second-order valence-corrected chi connectivity index (χ2v) is 4.22. The van der Waals surface area contributed by atoms with Gasteiger partial charge in [-0.05, 0) is 30.2 Å². The second kappa shape index (κ2) is 8.22. The van der Waals surface area contributed by atoms with E-state index in [9.17, 15) is 0 Å². The van der Waals surface area contributed by atoms with Crippen molar-refractivity contribution in [2.45, 2.75) is 19.4 Å². The van der Waals surface area contributed by atoms with E-state index in [-0.39, 0.29) is 24.8 Å². The maximum absolute atomic E-state index is 5.80. The molecule has 100 valence electrons. The molecule has 1 saturated heterocycles. The number of rotatable bonds is 3. The van der Waals surface area contributed by atoms with Gasteiger partial charge in [0.2, 0.25) is 0 Å². The summed E-state index contributed by atoms with van der Waals surface area (Å²) in [7, 11) is 0. The number of hydrogen-bond donors (Lipinski definition) is 1. The molecule has 2 heterocycles. The molecule has 0 aliphatic carbocycles. The summed E-state index contributed by atoms with van der Waals surface area (Å²) in [4.78, 5) is 2.45. The van der Waals surface area contributed by atoms with Gasteiger partial charge in [0, 0.05) is 26.2 Å². The fraction of sp³-hybridized carbons (Fsp3) is 0.636. The Balaban J connectivity index is 0.00000128. The summed E-state index contributed by atoms with van der Waals surface area (Å²) < 4.78 is 5.49. The van der Waals surface area contributed by atoms with E-state index in [1.165, 1.54) is 0 Å². The third-order valence-electron chi connectivity index (χ3n) is 2.90. The van der Waals surface area contributed by atoms with Crippen LogP contribution in [0.1, 0.15) is 25.1 Å². The SMILES string of the molecule is CC[C@H](c1ccc(Cl)o1)N1CCNCC1.Cl.Cl. The van der Waals surface area contributed by atoms with Crippen molar-refractivity contribution in [1.29, 1.82) is 0 Å². The van der Waals surface area contributed by atoms with Crippen LogP contribution in [-0.2, 0) is 0 Å². The predicted octanol–water partition coefficient (Wildman–Crippen LogP) is 3.13. The first-order valence-corrected chi connectivity index (χ1v) is 5.89. The number of furan rings is 1. The zero-order chi connectivity index (χ0) is 10.7. The van der Waals surface area contributed by atoms with Gasteiger partial charge >= 0.3 is 0 Å². The zero-order valence-electron chi connectivity index (χ0n) is 9.82. The van der Waals surface area contributed by atoms with Crippen LogP contribution in [0.3, 0.4) is 0 Å². The van der Waals surface area contributed by atoms with Gasteiger partial charge in [-0.15, -0.1) is 24.8 Å². The van der Waals surface area contributed by atoms with Crippen molar-refractivity contribution in [1.82, 2.24) is 10.2 Å². The monoisotopic (exact) mass is 300 g/mol. The van der Waals surface area contributed by atoms with E-state index >= 15 is 0 Å². The number of nitrogens with one attached hydrogen (secondary N) is 1. The van der Waals surface area contributed by atoms with Gasteiger partial charge in [-0.3, -0.25) is 4.90 Å².